The molecule has 0 atom stereocenters. The zero-order chi connectivity index (χ0) is 19.8. The summed E-state index contributed by atoms with van der Waals surface area (Å²) in [7, 11) is 1.23. The molecular formula is C18H21F2N3O4. The number of ether oxygens (including phenoxy) is 1. The number of urea groups is 1. The molecule has 2 rings (SSSR count). The van der Waals surface area contributed by atoms with Gasteiger partial charge in [0.15, 0.2) is 17.3 Å². The van der Waals surface area contributed by atoms with Crippen LogP contribution in [0.3, 0.4) is 0 Å². The van der Waals surface area contributed by atoms with E-state index >= 15 is 0 Å². The predicted molar refractivity (Wildman–Crippen MR) is 93.2 cm³/mol. The molecule has 1 aromatic carbocycles. The molecule has 27 heavy (non-hydrogen) atoms. The van der Waals surface area contributed by atoms with Gasteiger partial charge in [0.1, 0.15) is 6.26 Å². The Morgan fingerprint density at radius 1 is 1.26 bits per heavy atom. The Morgan fingerprint density at radius 3 is 2.70 bits per heavy atom. The van der Waals surface area contributed by atoms with Gasteiger partial charge in [-0.2, -0.15) is 0 Å². The molecule has 9 heteroatoms. The molecular weight excluding hydrogens is 360 g/mol. The third-order valence-corrected chi connectivity index (χ3v) is 3.76. The second-order valence-electron chi connectivity index (χ2n) is 5.81. The first-order valence-corrected chi connectivity index (χ1v) is 8.48. The zero-order valence-electron chi connectivity index (χ0n) is 15.1. The maximum Gasteiger partial charge on any atom is 0.360 e. The van der Waals surface area contributed by atoms with Gasteiger partial charge in [0, 0.05) is 18.3 Å². The monoisotopic (exact) mass is 381 g/mol. The molecule has 0 aliphatic heterocycles. The number of oxazole rings is 1. The van der Waals surface area contributed by atoms with Crippen molar-refractivity contribution in [3.05, 3.63) is 47.7 Å². The lowest BCUT2D eigenvalue weighted by Crippen LogP contribution is -2.35. The van der Waals surface area contributed by atoms with Gasteiger partial charge < -0.3 is 19.4 Å². The molecule has 0 fully saturated rings. The number of rotatable bonds is 8. The number of aromatic nitrogens is 1. The van der Waals surface area contributed by atoms with Crippen molar-refractivity contribution in [3.63, 3.8) is 0 Å². The minimum atomic E-state index is -1.05. The quantitative estimate of drug-likeness (QED) is 0.553. The lowest BCUT2D eigenvalue weighted by Gasteiger charge is -2.21. The Balaban J connectivity index is 2.09. The summed E-state index contributed by atoms with van der Waals surface area (Å²) in [5, 5.41) is 2.52. The van der Waals surface area contributed by atoms with Crippen molar-refractivity contribution in [2.45, 2.75) is 32.7 Å². The zero-order valence-corrected chi connectivity index (χ0v) is 15.1. The van der Waals surface area contributed by atoms with Gasteiger partial charge >= 0.3 is 12.0 Å². The topological polar surface area (TPSA) is 84.7 Å². The van der Waals surface area contributed by atoms with Gasteiger partial charge in [0.2, 0.25) is 5.89 Å². The smallest absolute Gasteiger partial charge is 0.360 e. The van der Waals surface area contributed by atoms with Crippen molar-refractivity contribution in [2.24, 2.45) is 0 Å². The van der Waals surface area contributed by atoms with Crippen molar-refractivity contribution in [1.29, 1.82) is 0 Å². The minimum Gasteiger partial charge on any atom is -0.464 e. The van der Waals surface area contributed by atoms with E-state index in [0.29, 0.717) is 6.54 Å². The van der Waals surface area contributed by atoms with Crippen LogP contribution >= 0.6 is 0 Å². The van der Waals surface area contributed by atoms with E-state index in [2.05, 4.69) is 15.0 Å². The van der Waals surface area contributed by atoms with E-state index in [1.165, 1.54) is 18.1 Å². The molecule has 2 aromatic rings. The first-order chi connectivity index (χ1) is 12.9. The molecule has 1 heterocycles. The van der Waals surface area contributed by atoms with Crippen LogP contribution in [-0.4, -0.2) is 35.5 Å². The number of halogens is 2. The Labute approximate surface area is 155 Å². The molecule has 146 valence electrons. The molecule has 0 radical (unpaired) electrons. The number of carbonyl (C=O) groups excluding carboxylic acids is 2. The average molecular weight is 381 g/mol. The molecule has 1 aromatic heterocycles. The van der Waals surface area contributed by atoms with Gasteiger partial charge in [0.25, 0.3) is 0 Å². The van der Waals surface area contributed by atoms with E-state index in [0.717, 1.165) is 37.7 Å². The van der Waals surface area contributed by atoms with Crippen LogP contribution in [0.15, 0.2) is 28.9 Å². The summed E-state index contributed by atoms with van der Waals surface area (Å²) >= 11 is 0. The van der Waals surface area contributed by atoms with Gasteiger partial charge in [-0.25, -0.2) is 23.4 Å². The van der Waals surface area contributed by atoms with Crippen molar-refractivity contribution in [1.82, 2.24) is 9.88 Å². The predicted octanol–water partition coefficient (Wildman–Crippen LogP) is 3.96. The van der Waals surface area contributed by atoms with Crippen molar-refractivity contribution < 1.29 is 27.5 Å². The Kier molecular flexibility index (Phi) is 7.27. The van der Waals surface area contributed by atoms with Gasteiger partial charge in [-0.15, -0.1) is 0 Å². The highest BCUT2D eigenvalue weighted by Crippen LogP contribution is 2.15. The Morgan fingerprint density at radius 2 is 2.04 bits per heavy atom. The van der Waals surface area contributed by atoms with Crippen molar-refractivity contribution in [3.8, 4) is 0 Å². The van der Waals surface area contributed by atoms with Crippen LogP contribution in [0.25, 0.3) is 0 Å². The number of methoxy groups -OCH3 is 1. The fraction of sp³-hybridized carbons (Fsp3) is 0.389. The molecule has 0 spiro atoms. The van der Waals surface area contributed by atoms with Crippen LogP contribution < -0.4 is 5.32 Å². The average Bonchev–Trinajstić information content (AvgIpc) is 3.12. The molecule has 0 unspecified atom stereocenters. The number of benzene rings is 1. The molecule has 7 nitrogen and oxygen atoms in total. The Bertz CT molecular complexity index is 795. The summed E-state index contributed by atoms with van der Waals surface area (Å²) in [6.07, 6.45) is 3.77. The van der Waals surface area contributed by atoms with Crippen LogP contribution in [-0.2, 0) is 11.3 Å². The highest BCUT2D eigenvalue weighted by molar-refractivity contribution is 5.89. The molecule has 0 aliphatic carbocycles. The van der Waals surface area contributed by atoms with Gasteiger partial charge in [0.05, 0.1) is 13.7 Å². The molecule has 0 saturated heterocycles. The van der Waals surface area contributed by atoms with Gasteiger partial charge in [-0.05, 0) is 18.6 Å². The van der Waals surface area contributed by atoms with E-state index in [4.69, 9.17) is 4.42 Å². The maximum atomic E-state index is 13.3. The van der Waals surface area contributed by atoms with E-state index in [9.17, 15) is 18.4 Å². The fourth-order valence-electron chi connectivity index (χ4n) is 2.33. The van der Waals surface area contributed by atoms with Gasteiger partial charge in [-0.1, -0.05) is 19.8 Å². The number of hydrogen-bond acceptors (Lipinski definition) is 5. The maximum absolute atomic E-state index is 13.3. The van der Waals surface area contributed by atoms with Crippen LogP contribution in [0.2, 0.25) is 0 Å². The van der Waals surface area contributed by atoms with Crippen LogP contribution in [0.1, 0.15) is 42.6 Å². The molecule has 2 amide bonds. The largest absolute Gasteiger partial charge is 0.464 e. The number of carbonyl (C=O) groups is 2. The lowest BCUT2D eigenvalue weighted by molar-refractivity contribution is 0.0594. The van der Waals surface area contributed by atoms with E-state index in [1.807, 2.05) is 6.92 Å². The highest BCUT2D eigenvalue weighted by Gasteiger charge is 2.19. The summed E-state index contributed by atoms with van der Waals surface area (Å²) in [6.45, 7) is 2.44. The minimum absolute atomic E-state index is 0.00187. The van der Waals surface area contributed by atoms with Gasteiger partial charge in [-0.3, -0.25) is 0 Å². The normalized spacial score (nSPS) is 10.5. The number of anilines is 1. The standard InChI is InChI=1S/C18H21F2N3O4/c1-3-4-5-8-23(10-16-22-15(11-27-16)17(24)26-2)18(25)21-12-6-7-13(19)14(20)9-12/h6-7,9,11H,3-5,8,10H2,1-2H3,(H,21,25). The van der Waals surface area contributed by atoms with Crippen LogP contribution in [0, 0.1) is 11.6 Å². The third-order valence-electron chi connectivity index (χ3n) is 3.76. The number of esters is 1. The second-order valence-corrected chi connectivity index (χ2v) is 5.81. The summed E-state index contributed by atoms with van der Waals surface area (Å²) in [5.41, 5.74) is 0.129. The molecule has 0 aliphatic rings. The highest BCUT2D eigenvalue weighted by atomic mass is 19.2. The van der Waals surface area contributed by atoms with E-state index in [1.54, 1.807) is 0 Å². The number of hydrogen-bond donors (Lipinski definition) is 1. The molecule has 1 N–H and O–H groups in total. The fourth-order valence-corrected chi connectivity index (χ4v) is 2.33. The van der Waals surface area contributed by atoms with E-state index < -0.39 is 23.6 Å². The number of amides is 2. The third kappa shape index (κ3) is 5.77. The van der Waals surface area contributed by atoms with E-state index in [-0.39, 0.29) is 23.8 Å². The number of unbranched alkanes of at least 4 members (excludes halogenated alkanes) is 2. The SMILES string of the molecule is CCCCCN(Cc1nc(C(=O)OC)co1)C(=O)Nc1ccc(F)c(F)c1. The van der Waals surface area contributed by atoms with Crippen molar-refractivity contribution >= 4 is 17.7 Å². The number of nitrogens with one attached hydrogen (secondary N) is 1. The summed E-state index contributed by atoms with van der Waals surface area (Å²) in [4.78, 5) is 29.4. The Hall–Kier alpha value is -2.97. The number of nitrogens with zero attached hydrogens (tertiary/aromatic N) is 2. The lowest BCUT2D eigenvalue weighted by atomic mass is 10.2. The first kappa shape index (κ1) is 20.3. The van der Waals surface area contributed by atoms with Crippen molar-refractivity contribution in [2.75, 3.05) is 19.0 Å². The first-order valence-electron chi connectivity index (χ1n) is 8.48. The van der Waals surface area contributed by atoms with Crippen LogP contribution in [0.4, 0.5) is 19.3 Å². The summed E-state index contributed by atoms with van der Waals surface area (Å²) in [5.74, 6) is -2.54. The molecule has 0 bridgehead atoms. The summed E-state index contributed by atoms with van der Waals surface area (Å²) in [6, 6.07) is 2.58. The second kappa shape index (κ2) is 9.65. The summed E-state index contributed by atoms with van der Waals surface area (Å²) < 4.78 is 36.1. The molecule has 0 saturated carbocycles. The van der Waals surface area contributed by atoms with Crippen LogP contribution in [0.5, 0.6) is 0 Å².